The van der Waals surface area contributed by atoms with Crippen molar-refractivity contribution in [1.82, 2.24) is 0 Å². The lowest BCUT2D eigenvalue weighted by molar-refractivity contribution is 0.414. The Labute approximate surface area is 96.9 Å². The number of hydrogen-bond acceptors (Lipinski definition) is 2. The van der Waals surface area contributed by atoms with Gasteiger partial charge in [0.1, 0.15) is 11.5 Å². The molecule has 0 saturated heterocycles. The first-order valence-corrected chi connectivity index (χ1v) is 5.36. The van der Waals surface area contributed by atoms with Crippen LogP contribution in [0.4, 0.5) is 0 Å². The summed E-state index contributed by atoms with van der Waals surface area (Å²) in [5, 5.41) is 2.17. The Balaban J connectivity index is 2.75. The second-order valence-electron chi connectivity index (χ2n) is 3.16. The van der Waals surface area contributed by atoms with Crippen molar-refractivity contribution < 1.29 is 9.47 Å². The van der Waals surface area contributed by atoms with Gasteiger partial charge in [-0.2, -0.15) is 0 Å². The number of methoxy groups -OCH3 is 2. The van der Waals surface area contributed by atoms with Crippen molar-refractivity contribution in [2.24, 2.45) is 0 Å². The van der Waals surface area contributed by atoms with Crippen molar-refractivity contribution in [3.8, 4) is 11.5 Å². The highest BCUT2D eigenvalue weighted by Crippen LogP contribution is 2.33. The fraction of sp³-hybridized carbons (Fsp3) is 0.167. The summed E-state index contributed by atoms with van der Waals surface area (Å²) >= 11 is 3.51. The maximum absolute atomic E-state index is 5.29. The minimum absolute atomic E-state index is 0.844. The van der Waals surface area contributed by atoms with Crippen LogP contribution in [0.15, 0.2) is 34.8 Å². The summed E-state index contributed by atoms with van der Waals surface area (Å²) in [6.07, 6.45) is 0. The molecule has 0 N–H and O–H groups in total. The van der Waals surface area contributed by atoms with Crippen LogP contribution < -0.4 is 9.47 Å². The molecule has 0 bridgehead atoms. The topological polar surface area (TPSA) is 18.5 Å². The van der Waals surface area contributed by atoms with Gasteiger partial charge in [0.25, 0.3) is 0 Å². The lowest BCUT2D eigenvalue weighted by atomic mass is 10.1. The molecule has 2 rings (SSSR count). The monoisotopic (exact) mass is 266 g/mol. The van der Waals surface area contributed by atoms with Crippen LogP contribution in [0.1, 0.15) is 0 Å². The minimum Gasteiger partial charge on any atom is -0.497 e. The van der Waals surface area contributed by atoms with Crippen LogP contribution in [0, 0.1) is 0 Å². The van der Waals surface area contributed by atoms with Crippen LogP contribution >= 0.6 is 15.9 Å². The molecule has 0 radical (unpaired) electrons. The quantitative estimate of drug-likeness (QED) is 0.827. The number of benzene rings is 2. The molecule has 0 saturated carbocycles. The lowest BCUT2D eigenvalue weighted by Crippen LogP contribution is -1.87. The fourth-order valence-electron chi connectivity index (χ4n) is 1.57. The van der Waals surface area contributed by atoms with E-state index in [4.69, 9.17) is 9.47 Å². The summed E-state index contributed by atoms with van der Waals surface area (Å²) in [4.78, 5) is 0. The Hall–Kier alpha value is -1.22. The molecule has 78 valence electrons. The predicted molar refractivity (Wildman–Crippen MR) is 64.8 cm³/mol. The molecule has 0 aliphatic heterocycles. The third-order valence-electron chi connectivity index (χ3n) is 2.35. The van der Waals surface area contributed by atoms with Crippen molar-refractivity contribution in [3.05, 3.63) is 34.8 Å². The maximum atomic E-state index is 5.29. The van der Waals surface area contributed by atoms with Gasteiger partial charge >= 0.3 is 0 Å². The minimum atomic E-state index is 0.844. The first-order valence-electron chi connectivity index (χ1n) is 4.56. The first-order chi connectivity index (χ1) is 7.26. The van der Waals surface area contributed by atoms with Crippen molar-refractivity contribution in [3.63, 3.8) is 0 Å². The normalized spacial score (nSPS) is 10.3. The predicted octanol–water partition coefficient (Wildman–Crippen LogP) is 3.62. The van der Waals surface area contributed by atoms with Gasteiger partial charge in [0, 0.05) is 15.2 Å². The van der Waals surface area contributed by atoms with Crippen LogP contribution in [-0.4, -0.2) is 14.2 Å². The summed E-state index contributed by atoms with van der Waals surface area (Å²) in [6.45, 7) is 0. The van der Waals surface area contributed by atoms with Crippen LogP contribution in [0.3, 0.4) is 0 Å². The summed E-state index contributed by atoms with van der Waals surface area (Å²) in [7, 11) is 3.34. The fourth-order valence-corrected chi connectivity index (χ4v) is 2.03. The zero-order valence-electron chi connectivity index (χ0n) is 8.58. The van der Waals surface area contributed by atoms with Gasteiger partial charge in [-0.25, -0.2) is 0 Å². The molecule has 2 aromatic carbocycles. The number of rotatable bonds is 2. The molecule has 15 heavy (non-hydrogen) atoms. The molecule has 0 fully saturated rings. The van der Waals surface area contributed by atoms with Crippen LogP contribution in [0.25, 0.3) is 10.8 Å². The van der Waals surface area contributed by atoms with E-state index in [2.05, 4.69) is 15.9 Å². The Morgan fingerprint density at radius 1 is 0.933 bits per heavy atom. The van der Waals surface area contributed by atoms with E-state index in [1.807, 2.05) is 30.3 Å². The molecule has 0 amide bonds. The number of fused-ring (bicyclic) bond motifs is 1. The molecule has 3 heteroatoms. The van der Waals surface area contributed by atoms with Gasteiger partial charge in [-0.05, 0) is 30.3 Å². The van der Waals surface area contributed by atoms with Crippen LogP contribution in [0.2, 0.25) is 0 Å². The highest BCUT2D eigenvalue weighted by molar-refractivity contribution is 9.10. The number of halogens is 1. The van der Waals surface area contributed by atoms with Gasteiger partial charge < -0.3 is 9.47 Å². The van der Waals surface area contributed by atoms with Gasteiger partial charge in [-0.1, -0.05) is 15.9 Å². The molecule has 0 heterocycles. The highest BCUT2D eigenvalue weighted by atomic mass is 79.9. The largest absolute Gasteiger partial charge is 0.497 e. The van der Waals surface area contributed by atoms with Crippen LogP contribution in [0.5, 0.6) is 11.5 Å². The van der Waals surface area contributed by atoms with E-state index < -0.39 is 0 Å². The first kappa shape index (κ1) is 10.3. The van der Waals surface area contributed by atoms with E-state index in [1.165, 1.54) is 0 Å². The zero-order chi connectivity index (χ0) is 10.8. The van der Waals surface area contributed by atoms with Crippen molar-refractivity contribution in [1.29, 1.82) is 0 Å². The molecule has 0 aromatic heterocycles. The molecule has 2 aromatic rings. The van der Waals surface area contributed by atoms with Gasteiger partial charge in [0.2, 0.25) is 0 Å². The van der Waals surface area contributed by atoms with Crippen molar-refractivity contribution >= 4 is 26.7 Å². The Morgan fingerprint density at radius 2 is 1.73 bits per heavy atom. The van der Waals surface area contributed by atoms with Gasteiger partial charge in [0.05, 0.1) is 14.2 Å². The third-order valence-corrected chi connectivity index (χ3v) is 3.04. The molecular weight excluding hydrogens is 256 g/mol. The van der Waals surface area contributed by atoms with E-state index in [0.717, 1.165) is 26.7 Å². The van der Waals surface area contributed by atoms with E-state index in [9.17, 15) is 0 Å². The number of hydrogen-bond donors (Lipinski definition) is 0. The highest BCUT2D eigenvalue weighted by Gasteiger charge is 2.05. The molecule has 0 aliphatic rings. The summed E-state index contributed by atoms with van der Waals surface area (Å²) in [5.74, 6) is 1.72. The maximum Gasteiger partial charge on any atom is 0.126 e. The van der Waals surface area contributed by atoms with E-state index >= 15 is 0 Å². The Bertz CT molecular complexity index is 494. The lowest BCUT2D eigenvalue weighted by Gasteiger charge is -2.08. The Kier molecular flexibility index (Phi) is 2.82. The average Bonchev–Trinajstić information content (AvgIpc) is 2.29. The second-order valence-corrected chi connectivity index (χ2v) is 4.02. The molecule has 2 nitrogen and oxygen atoms in total. The van der Waals surface area contributed by atoms with Gasteiger partial charge in [-0.3, -0.25) is 0 Å². The third kappa shape index (κ3) is 1.79. The standard InChI is InChI=1S/C12H11BrO2/c1-14-8-3-4-9-10(7-8)11(13)5-6-12(9)15-2/h3-7H,1-2H3. The van der Waals surface area contributed by atoms with Crippen molar-refractivity contribution in [2.45, 2.75) is 0 Å². The summed E-state index contributed by atoms with van der Waals surface area (Å²) < 4.78 is 11.5. The van der Waals surface area contributed by atoms with Crippen molar-refractivity contribution in [2.75, 3.05) is 14.2 Å². The van der Waals surface area contributed by atoms with Gasteiger partial charge in [-0.15, -0.1) is 0 Å². The average molecular weight is 267 g/mol. The number of ether oxygens (including phenoxy) is 2. The zero-order valence-corrected chi connectivity index (χ0v) is 10.2. The van der Waals surface area contributed by atoms with E-state index in [0.29, 0.717) is 0 Å². The molecule has 0 aliphatic carbocycles. The molecule has 0 spiro atoms. The second kappa shape index (κ2) is 4.11. The van der Waals surface area contributed by atoms with Gasteiger partial charge in [0.15, 0.2) is 0 Å². The SMILES string of the molecule is COc1ccc2c(OC)ccc(Br)c2c1. The van der Waals surface area contributed by atoms with E-state index in [-0.39, 0.29) is 0 Å². The smallest absolute Gasteiger partial charge is 0.126 e. The molecular formula is C12H11BrO2. The Morgan fingerprint density at radius 3 is 2.40 bits per heavy atom. The summed E-state index contributed by atoms with van der Waals surface area (Å²) in [5.41, 5.74) is 0. The molecule has 0 atom stereocenters. The van der Waals surface area contributed by atoms with Crippen LogP contribution in [-0.2, 0) is 0 Å². The summed E-state index contributed by atoms with van der Waals surface area (Å²) in [6, 6.07) is 9.83. The molecule has 0 unspecified atom stereocenters. The van der Waals surface area contributed by atoms with E-state index in [1.54, 1.807) is 14.2 Å².